The first kappa shape index (κ1) is 14.7. The molecule has 5 heteroatoms. The lowest BCUT2D eigenvalue weighted by Gasteiger charge is -2.17. The smallest absolute Gasteiger partial charge is 0.241 e. The number of anilines is 1. The number of rotatable bonds is 5. The summed E-state index contributed by atoms with van der Waals surface area (Å²) >= 11 is 1.59. The number of hydrogen-bond acceptors (Lipinski definition) is 4. The Labute approximate surface area is 123 Å². The molecule has 1 amide bonds. The summed E-state index contributed by atoms with van der Waals surface area (Å²) in [5.74, 6) is 0.0333. The van der Waals surface area contributed by atoms with Crippen LogP contribution >= 0.6 is 11.3 Å². The van der Waals surface area contributed by atoms with Gasteiger partial charge in [0.1, 0.15) is 5.01 Å². The van der Waals surface area contributed by atoms with Gasteiger partial charge in [-0.15, -0.1) is 11.3 Å². The van der Waals surface area contributed by atoms with Gasteiger partial charge in [-0.05, 0) is 30.2 Å². The van der Waals surface area contributed by atoms with Gasteiger partial charge in [0.15, 0.2) is 0 Å². The van der Waals surface area contributed by atoms with Gasteiger partial charge in [-0.3, -0.25) is 4.79 Å². The van der Waals surface area contributed by atoms with E-state index in [1.54, 1.807) is 17.5 Å². The van der Waals surface area contributed by atoms with E-state index in [1.807, 2.05) is 43.5 Å². The molecule has 0 aliphatic rings. The van der Waals surface area contributed by atoms with Crippen LogP contribution in [0.4, 0.5) is 5.69 Å². The summed E-state index contributed by atoms with van der Waals surface area (Å²) in [4.78, 5) is 16.2. The molecule has 0 spiro atoms. The zero-order valence-electron chi connectivity index (χ0n) is 11.7. The molecular weight excluding hydrogens is 270 g/mol. The van der Waals surface area contributed by atoms with E-state index in [1.165, 1.54) is 0 Å². The van der Waals surface area contributed by atoms with Crippen LogP contribution < -0.4 is 11.1 Å². The maximum absolute atomic E-state index is 12.0. The fourth-order valence-electron chi connectivity index (χ4n) is 1.80. The highest BCUT2D eigenvalue weighted by atomic mass is 32.1. The molecule has 1 aromatic carbocycles. The van der Waals surface area contributed by atoms with Gasteiger partial charge < -0.3 is 11.1 Å². The molecule has 4 nitrogen and oxygen atoms in total. The Kier molecular flexibility index (Phi) is 4.87. The molecule has 0 radical (unpaired) electrons. The number of nitrogens with one attached hydrogen (secondary N) is 1. The van der Waals surface area contributed by atoms with Crippen molar-refractivity contribution in [2.75, 3.05) is 5.32 Å². The maximum Gasteiger partial charge on any atom is 0.241 e. The molecule has 0 aliphatic heterocycles. The molecule has 20 heavy (non-hydrogen) atoms. The molecule has 0 saturated heterocycles. The lowest BCUT2D eigenvalue weighted by Crippen LogP contribution is -2.40. The Bertz CT molecular complexity index is 551. The number of aromatic nitrogens is 1. The predicted octanol–water partition coefficient (Wildman–Crippen LogP) is 3.12. The van der Waals surface area contributed by atoms with E-state index < -0.39 is 6.04 Å². The Balaban J connectivity index is 2.02. The van der Waals surface area contributed by atoms with E-state index in [4.69, 9.17) is 5.73 Å². The highest BCUT2D eigenvalue weighted by Crippen LogP contribution is 2.23. The molecule has 1 aromatic heterocycles. The normalized spacial score (nSPS) is 13.8. The van der Waals surface area contributed by atoms with Crippen molar-refractivity contribution < 1.29 is 4.79 Å². The number of benzene rings is 1. The van der Waals surface area contributed by atoms with E-state index in [0.717, 1.165) is 22.7 Å². The molecule has 0 fully saturated rings. The fraction of sp³-hybridized carbons (Fsp3) is 0.333. The molecule has 0 saturated carbocycles. The first-order chi connectivity index (χ1) is 9.61. The quantitative estimate of drug-likeness (QED) is 0.888. The number of thiazole rings is 1. The topological polar surface area (TPSA) is 68.0 Å². The molecule has 2 atom stereocenters. The van der Waals surface area contributed by atoms with Gasteiger partial charge >= 0.3 is 0 Å². The van der Waals surface area contributed by atoms with Gasteiger partial charge in [0.2, 0.25) is 5.91 Å². The lowest BCUT2D eigenvalue weighted by molar-refractivity contribution is -0.118. The van der Waals surface area contributed by atoms with E-state index in [2.05, 4.69) is 10.3 Å². The van der Waals surface area contributed by atoms with Crippen molar-refractivity contribution in [1.82, 2.24) is 4.98 Å². The van der Waals surface area contributed by atoms with Crippen LogP contribution in [0.3, 0.4) is 0 Å². The van der Waals surface area contributed by atoms with Gasteiger partial charge in [0.05, 0.1) is 6.04 Å². The monoisotopic (exact) mass is 289 g/mol. The minimum absolute atomic E-state index is 0.138. The van der Waals surface area contributed by atoms with Crippen LogP contribution in [0.5, 0.6) is 0 Å². The third-order valence-corrected chi connectivity index (χ3v) is 4.21. The van der Waals surface area contributed by atoms with Crippen LogP contribution in [0.2, 0.25) is 0 Å². The van der Waals surface area contributed by atoms with Crippen molar-refractivity contribution in [2.45, 2.75) is 26.3 Å². The second kappa shape index (κ2) is 6.63. The Morgan fingerprint density at radius 2 is 2.10 bits per heavy atom. The molecule has 0 aliphatic carbocycles. The molecule has 2 unspecified atom stereocenters. The van der Waals surface area contributed by atoms with Crippen LogP contribution in [0.15, 0.2) is 35.8 Å². The van der Waals surface area contributed by atoms with E-state index in [9.17, 15) is 4.79 Å². The number of nitrogens with two attached hydrogens (primary N) is 1. The second-order valence-corrected chi connectivity index (χ2v) is 5.71. The summed E-state index contributed by atoms with van der Waals surface area (Å²) in [6.07, 6.45) is 2.67. The van der Waals surface area contributed by atoms with Crippen LogP contribution in [-0.2, 0) is 4.79 Å². The van der Waals surface area contributed by atoms with Crippen LogP contribution in [0.1, 0.15) is 20.3 Å². The van der Waals surface area contributed by atoms with Crippen LogP contribution in [0, 0.1) is 5.92 Å². The van der Waals surface area contributed by atoms with Crippen molar-refractivity contribution in [3.63, 3.8) is 0 Å². The predicted molar refractivity (Wildman–Crippen MR) is 83.6 cm³/mol. The number of hydrogen-bond donors (Lipinski definition) is 2. The fourth-order valence-corrected chi connectivity index (χ4v) is 2.44. The number of carbonyl (C=O) groups is 1. The summed E-state index contributed by atoms with van der Waals surface area (Å²) < 4.78 is 0. The van der Waals surface area contributed by atoms with Crippen molar-refractivity contribution in [2.24, 2.45) is 11.7 Å². The van der Waals surface area contributed by atoms with Crippen molar-refractivity contribution >= 4 is 22.9 Å². The number of carbonyl (C=O) groups excluding carboxylic acids is 1. The summed E-state index contributed by atoms with van der Waals surface area (Å²) in [6.45, 7) is 4.01. The first-order valence-electron chi connectivity index (χ1n) is 6.68. The zero-order valence-corrected chi connectivity index (χ0v) is 12.5. The summed E-state index contributed by atoms with van der Waals surface area (Å²) in [5.41, 5.74) is 7.71. The molecule has 2 aromatic rings. The average molecular weight is 289 g/mol. The number of amides is 1. The second-order valence-electron chi connectivity index (χ2n) is 4.82. The minimum atomic E-state index is -0.473. The van der Waals surface area contributed by atoms with Gasteiger partial charge in [0, 0.05) is 22.8 Å². The maximum atomic E-state index is 12.0. The van der Waals surface area contributed by atoms with Crippen molar-refractivity contribution in [1.29, 1.82) is 0 Å². The van der Waals surface area contributed by atoms with E-state index in [-0.39, 0.29) is 11.8 Å². The summed E-state index contributed by atoms with van der Waals surface area (Å²) in [7, 11) is 0. The van der Waals surface area contributed by atoms with Gasteiger partial charge in [-0.2, -0.15) is 0 Å². The molecule has 3 N–H and O–H groups in total. The van der Waals surface area contributed by atoms with Crippen molar-refractivity contribution in [3.8, 4) is 10.6 Å². The summed E-state index contributed by atoms with van der Waals surface area (Å²) in [6, 6.07) is 7.17. The third kappa shape index (κ3) is 3.43. The highest BCUT2D eigenvalue weighted by molar-refractivity contribution is 7.13. The lowest BCUT2D eigenvalue weighted by atomic mass is 9.99. The van der Waals surface area contributed by atoms with E-state index >= 15 is 0 Å². The molecular formula is C15H19N3OS. The minimum Gasteiger partial charge on any atom is -0.325 e. The van der Waals surface area contributed by atoms with Crippen molar-refractivity contribution in [3.05, 3.63) is 35.8 Å². The SMILES string of the molecule is CCC(C)C(N)C(=O)Nc1ccc(-c2nccs2)cc1. The first-order valence-corrected chi connectivity index (χ1v) is 7.56. The molecule has 2 rings (SSSR count). The van der Waals surface area contributed by atoms with E-state index in [0.29, 0.717) is 0 Å². The zero-order chi connectivity index (χ0) is 14.5. The molecule has 0 bridgehead atoms. The van der Waals surface area contributed by atoms with Gasteiger partial charge in [-0.1, -0.05) is 20.3 Å². The third-order valence-electron chi connectivity index (χ3n) is 3.39. The van der Waals surface area contributed by atoms with Crippen LogP contribution in [0.25, 0.3) is 10.6 Å². The standard InChI is InChI=1S/C15H19N3OS/c1-3-10(2)13(16)14(19)18-12-6-4-11(5-7-12)15-17-8-9-20-15/h4-10,13H,3,16H2,1-2H3,(H,18,19). The summed E-state index contributed by atoms with van der Waals surface area (Å²) in [5, 5.41) is 5.76. The largest absolute Gasteiger partial charge is 0.325 e. The Hall–Kier alpha value is -1.72. The molecule has 106 valence electrons. The van der Waals surface area contributed by atoms with Gasteiger partial charge in [0.25, 0.3) is 0 Å². The molecule has 1 heterocycles. The highest BCUT2D eigenvalue weighted by Gasteiger charge is 2.19. The Morgan fingerprint density at radius 1 is 1.40 bits per heavy atom. The van der Waals surface area contributed by atoms with Gasteiger partial charge in [-0.25, -0.2) is 4.98 Å². The van der Waals surface area contributed by atoms with Crippen LogP contribution in [-0.4, -0.2) is 16.9 Å². The average Bonchev–Trinajstić information content (AvgIpc) is 3.00. The number of nitrogens with zero attached hydrogens (tertiary/aromatic N) is 1. The Morgan fingerprint density at radius 3 is 2.65 bits per heavy atom.